The van der Waals surface area contributed by atoms with Crippen molar-refractivity contribution in [1.29, 1.82) is 0 Å². The van der Waals surface area contributed by atoms with Crippen LogP contribution >= 0.6 is 17.7 Å². The third kappa shape index (κ3) is 2.01. The second-order valence-corrected chi connectivity index (χ2v) is 15.4. The average Bonchev–Trinajstić information content (AvgIpc) is 2.48. The normalized spacial score (nSPS) is 42.0. The van der Waals surface area contributed by atoms with Gasteiger partial charge in [0.15, 0.2) is 0 Å². The molecule has 2 aliphatic carbocycles. The molecular formula is C15H29BPS. The van der Waals surface area contributed by atoms with Gasteiger partial charge in [-0.2, -0.15) is 6.34 Å². The van der Waals surface area contributed by atoms with Gasteiger partial charge in [-0.05, 0) is 68.2 Å². The first-order valence-electron chi connectivity index (χ1n) is 7.25. The van der Waals surface area contributed by atoms with E-state index in [-0.39, 0.29) is 5.16 Å². The highest BCUT2D eigenvalue weighted by atomic mass is 32.7. The molecule has 3 heteroatoms. The van der Waals surface area contributed by atoms with Gasteiger partial charge in [-0.1, -0.05) is 20.8 Å². The molecule has 2 saturated carbocycles. The first-order valence-corrected chi connectivity index (χ1v) is 11.0. The zero-order chi connectivity index (χ0) is 14.0. The van der Waals surface area contributed by atoms with E-state index in [0.29, 0.717) is 10.8 Å². The van der Waals surface area contributed by atoms with Crippen molar-refractivity contribution in [3.63, 3.8) is 0 Å². The Bertz CT molecular complexity index is 345. The molecule has 0 heterocycles. The second-order valence-electron chi connectivity index (χ2n) is 8.37. The van der Waals surface area contributed by atoms with Crippen molar-refractivity contribution in [1.82, 2.24) is 0 Å². The summed E-state index contributed by atoms with van der Waals surface area (Å²) in [6, 6.07) is 0. The molecule has 4 atom stereocenters. The Morgan fingerprint density at radius 1 is 1.22 bits per heavy atom. The Labute approximate surface area is 120 Å². The molecule has 0 spiro atoms. The first kappa shape index (κ1) is 15.2. The maximum absolute atomic E-state index is 6.73. The predicted octanol–water partition coefficient (Wildman–Crippen LogP) is 5.38. The van der Waals surface area contributed by atoms with E-state index < -0.39 is 6.34 Å². The van der Waals surface area contributed by atoms with Crippen LogP contribution in [0, 0.1) is 16.7 Å². The quantitative estimate of drug-likeness (QED) is 0.484. The van der Waals surface area contributed by atoms with Crippen LogP contribution in [0.3, 0.4) is 0 Å². The summed E-state index contributed by atoms with van der Waals surface area (Å²) in [5, 5.41) is 1.05. The second kappa shape index (κ2) is 4.17. The highest BCUT2D eigenvalue weighted by molar-refractivity contribution is 8.69. The maximum Gasteiger partial charge on any atom is 0.0435 e. The fourth-order valence-corrected chi connectivity index (χ4v) is 9.02. The lowest BCUT2D eigenvalue weighted by molar-refractivity contribution is 0.157. The van der Waals surface area contributed by atoms with Gasteiger partial charge in [0.05, 0.1) is 0 Å². The minimum Gasteiger partial charge on any atom is -0.290 e. The fourth-order valence-electron chi connectivity index (χ4n) is 3.71. The number of fused-ring (bicyclic) bond motifs is 2. The molecule has 2 bridgehead atoms. The number of rotatable bonds is 2. The zero-order valence-electron chi connectivity index (χ0n) is 13.2. The summed E-state index contributed by atoms with van der Waals surface area (Å²) in [6.07, 6.45) is 2.86. The Hall–Kier alpha value is 0.845. The van der Waals surface area contributed by atoms with E-state index in [1.54, 1.807) is 0 Å². The Balaban J connectivity index is 2.19. The lowest BCUT2D eigenvalue weighted by Gasteiger charge is -2.48. The van der Waals surface area contributed by atoms with E-state index in [2.05, 4.69) is 59.6 Å². The standard InChI is InChI=1S/C15H29BPS/c1-13(2,3)17(7,16)18-12-10-11-8-9-15(12,6)14(11,4)5/h11-12H,8-10H2,1-7H3/t11-,12+,15+,17?/m0/s1. The van der Waals surface area contributed by atoms with E-state index in [9.17, 15) is 0 Å². The molecule has 0 aromatic carbocycles. The molecule has 0 N–H and O–H groups in total. The van der Waals surface area contributed by atoms with Crippen LogP contribution in [0.5, 0.6) is 0 Å². The summed E-state index contributed by atoms with van der Waals surface area (Å²) in [6.45, 7) is 16.8. The van der Waals surface area contributed by atoms with Crippen LogP contribution in [0.4, 0.5) is 0 Å². The Kier molecular flexibility index (Phi) is 3.53. The monoisotopic (exact) mass is 283 g/mol. The van der Waals surface area contributed by atoms with Gasteiger partial charge in [0.2, 0.25) is 0 Å². The summed E-state index contributed by atoms with van der Waals surface area (Å²) in [7, 11) is 6.73. The molecule has 0 amide bonds. The van der Waals surface area contributed by atoms with E-state index in [1.165, 1.54) is 19.3 Å². The smallest absolute Gasteiger partial charge is 0.0435 e. The van der Waals surface area contributed by atoms with E-state index in [4.69, 9.17) is 7.57 Å². The zero-order valence-corrected chi connectivity index (χ0v) is 14.9. The van der Waals surface area contributed by atoms with Crippen molar-refractivity contribution in [2.24, 2.45) is 16.7 Å². The van der Waals surface area contributed by atoms with E-state index in [0.717, 1.165) is 11.2 Å². The summed E-state index contributed by atoms with van der Waals surface area (Å²) >= 11 is 2.17. The van der Waals surface area contributed by atoms with Gasteiger partial charge in [0, 0.05) is 17.1 Å². The summed E-state index contributed by atoms with van der Waals surface area (Å²) in [5.74, 6) is 0.931. The highest BCUT2D eigenvalue weighted by Gasteiger charge is 2.62. The van der Waals surface area contributed by atoms with Crippen LogP contribution in [-0.4, -0.2) is 24.6 Å². The minimum absolute atomic E-state index is 0.264. The average molecular weight is 283 g/mol. The van der Waals surface area contributed by atoms with Crippen LogP contribution in [-0.2, 0) is 0 Å². The van der Waals surface area contributed by atoms with E-state index >= 15 is 0 Å². The summed E-state index contributed by atoms with van der Waals surface area (Å²) < 4.78 is 0. The van der Waals surface area contributed by atoms with Gasteiger partial charge in [0.25, 0.3) is 0 Å². The van der Waals surface area contributed by atoms with Crippen LogP contribution in [0.15, 0.2) is 0 Å². The van der Waals surface area contributed by atoms with Gasteiger partial charge in [0.1, 0.15) is 0 Å². The molecule has 2 fully saturated rings. The predicted molar refractivity (Wildman–Crippen MR) is 89.0 cm³/mol. The van der Waals surface area contributed by atoms with Gasteiger partial charge < -0.3 is 0 Å². The molecule has 0 nitrogen and oxygen atoms in total. The Morgan fingerprint density at radius 3 is 2.11 bits per heavy atom. The lowest BCUT2D eigenvalue weighted by atomic mass is 9.71. The highest BCUT2D eigenvalue weighted by Crippen LogP contribution is 2.79. The molecule has 0 aromatic rings. The molecule has 2 aliphatic rings. The van der Waals surface area contributed by atoms with Crippen LogP contribution in [0.2, 0.25) is 0 Å². The van der Waals surface area contributed by atoms with Crippen molar-refractivity contribution in [2.75, 3.05) is 6.66 Å². The molecule has 0 aliphatic heterocycles. The van der Waals surface area contributed by atoms with Crippen molar-refractivity contribution in [3.05, 3.63) is 0 Å². The van der Waals surface area contributed by atoms with Gasteiger partial charge in [-0.3, -0.25) is 7.57 Å². The van der Waals surface area contributed by atoms with Crippen molar-refractivity contribution < 1.29 is 0 Å². The number of hydrogen-bond donors (Lipinski definition) is 0. The van der Waals surface area contributed by atoms with Crippen LogP contribution < -0.4 is 0 Å². The fraction of sp³-hybridized carbons (Fsp3) is 1.00. The molecule has 18 heavy (non-hydrogen) atoms. The summed E-state index contributed by atoms with van der Waals surface area (Å²) in [4.78, 5) is 0. The molecular weight excluding hydrogens is 254 g/mol. The lowest BCUT2D eigenvalue weighted by Crippen LogP contribution is -2.34. The molecule has 0 aromatic heterocycles. The van der Waals surface area contributed by atoms with Crippen molar-refractivity contribution in [3.8, 4) is 0 Å². The van der Waals surface area contributed by atoms with Crippen molar-refractivity contribution in [2.45, 2.75) is 71.2 Å². The first-order chi connectivity index (χ1) is 7.92. The molecule has 1 unspecified atom stereocenters. The maximum atomic E-state index is 6.73. The third-order valence-corrected chi connectivity index (χ3v) is 14.2. The SMILES string of the molecule is [B-][P+](C)(S[C@@H]1C[C@@H]2CC[C@@]1(C)C2(C)C)C(C)(C)C. The minimum atomic E-state index is -1.39. The largest absolute Gasteiger partial charge is 0.290 e. The van der Waals surface area contributed by atoms with Crippen molar-refractivity contribution >= 4 is 25.3 Å². The summed E-state index contributed by atoms with van der Waals surface area (Å²) in [5.41, 5.74) is 1.02. The third-order valence-electron chi connectivity index (χ3n) is 6.39. The van der Waals surface area contributed by atoms with Gasteiger partial charge >= 0.3 is 0 Å². The van der Waals surface area contributed by atoms with Gasteiger partial charge in [-0.15, -0.1) is 0 Å². The van der Waals surface area contributed by atoms with Gasteiger partial charge in [-0.25, -0.2) is 0 Å². The Morgan fingerprint density at radius 2 is 1.78 bits per heavy atom. The van der Waals surface area contributed by atoms with Crippen LogP contribution in [0.1, 0.15) is 60.8 Å². The van der Waals surface area contributed by atoms with Crippen LogP contribution in [0.25, 0.3) is 0 Å². The molecule has 3 radical (unpaired) electrons. The molecule has 0 saturated heterocycles. The topological polar surface area (TPSA) is 0 Å². The molecule has 103 valence electrons. The number of hydrogen-bond acceptors (Lipinski definition) is 1. The van der Waals surface area contributed by atoms with E-state index in [1.807, 2.05) is 0 Å². The molecule has 2 rings (SSSR count).